The summed E-state index contributed by atoms with van der Waals surface area (Å²) in [6.07, 6.45) is 0. The average Bonchev–Trinajstić information content (AvgIpc) is 1.64. The Kier molecular flexibility index (Phi) is 3.97. The Labute approximate surface area is 72.0 Å². The molecule has 0 aliphatic heterocycles. The molecular formula is C3H2Cl4O2. The lowest BCUT2D eigenvalue weighted by molar-refractivity contribution is -0.140. The van der Waals surface area contributed by atoms with Crippen molar-refractivity contribution >= 4 is 52.4 Å². The maximum absolute atomic E-state index is 10.4. The lowest BCUT2D eigenvalue weighted by Crippen LogP contribution is -2.21. The van der Waals surface area contributed by atoms with Crippen molar-refractivity contribution in [2.75, 3.05) is 6.07 Å². The van der Waals surface area contributed by atoms with E-state index in [2.05, 4.69) is 4.74 Å². The second-order valence-corrected chi connectivity index (χ2v) is 3.54. The van der Waals surface area contributed by atoms with E-state index in [1.54, 1.807) is 0 Å². The van der Waals surface area contributed by atoms with Gasteiger partial charge in [-0.1, -0.05) is 46.4 Å². The lowest BCUT2D eigenvalue weighted by atomic mass is 10.8. The van der Waals surface area contributed by atoms with E-state index in [0.29, 0.717) is 0 Å². The van der Waals surface area contributed by atoms with Gasteiger partial charge < -0.3 is 4.74 Å². The molecule has 0 rings (SSSR count). The molecule has 0 saturated heterocycles. The molecule has 54 valence electrons. The standard InChI is InChI=1S/C3H2Cl4O2/c4-1-9-2(8)3(5,6)7/h1H2. The molecule has 0 unspecified atom stereocenters. The summed E-state index contributed by atoms with van der Waals surface area (Å²) >= 11 is 20.2. The molecule has 0 radical (unpaired) electrons. The zero-order valence-electron chi connectivity index (χ0n) is 4.04. The van der Waals surface area contributed by atoms with Crippen molar-refractivity contribution in [3.63, 3.8) is 0 Å². The predicted molar refractivity (Wildman–Crippen MR) is 37.1 cm³/mol. The van der Waals surface area contributed by atoms with Gasteiger partial charge in [-0.3, -0.25) is 0 Å². The molecule has 0 fully saturated rings. The molecule has 0 aromatic carbocycles. The Bertz CT molecular complexity index is 107. The van der Waals surface area contributed by atoms with Gasteiger partial charge in [0.25, 0.3) is 3.79 Å². The number of esters is 1. The molecule has 2 nitrogen and oxygen atoms in total. The first kappa shape index (κ1) is 9.63. The van der Waals surface area contributed by atoms with Crippen molar-refractivity contribution in [3.05, 3.63) is 0 Å². The van der Waals surface area contributed by atoms with Crippen LogP contribution in [0.4, 0.5) is 0 Å². The van der Waals surface area contributed by atoms with Crippen molar-refractivity contribution < 1.29 is 9.53 Å². The van der Waals surface area contributed by atoms with Gasteiger partial charge in [-0.2, -0.15) is 0 Å². The molecule has 0 N–H and O–H groups in total. The van der Waals surface area contributed by atoms with Crippen LogP contribution in [0.5, 0.6) is 0 Å². The van der Waals surface area contributed by atoms with E-state index in [4.69, 9.17) is 46.4 Å². The molecule has 0 aliphatic rings. The van der Waals surface area contributed by atoms with Crippen LogP contribution < -0.4 is 0 Å². The quantitative estimate of drug-likeness (QED) is 0.491. The number of carbonyl (C=O) groups excluding carboxylic acids is 1. The first-order valence-electron chi connectivity index (χ1n) is 1.78. The minimum absolute atomic E-state index is 0.313. The van der Waals surface area contributed by atoms with Crippen LogP contribution in [0.25, 0.3) is 0 Å². The minimum atomic E-state index is -2.02. The first-order valence-corrected chi connectivity index (χ1v) is 3.45. The number of alkyl halides is 4. The molecule has 9 heavy (non-hydrogen) atoms. The van der Waals surface area contributed by atoms with Crippen LogP contribution in [-0.2, 0) is 9.53 Å². The molecule has 6 heteroatoms. The molecule has 0 bridgehead atoms. The Morgan fingerprint density at radius 2 is 1.89 bits per heavy atom. The van der Waals surface area contributed by atoms with Gasteiger partial charge in [0.15, 0.2) is 6.07 Å². The third-order valence-corrected chi connectivity index (χ3v) is 0.989. The Balaban J connectivity index is 3.74. The van der Waals surface area contributed by atoms with Gasteiger partial charge in [0.1, 0.15) is 0 Å². The maximum atomic E-state index is 10.4. The Morgan fingerprint density at radius 1 is 1.44 bits per heavy atom. The molecule has 0 saturated carbocycles. The number of carbonyl (C=O) groups is 1. The van der Waals surface area contributed by atoms with E-state index >= 15 is 0 Å². The normalized spacial score (nSPS) is 11.1. The zero-order valence-corrected chi connectivity index (χ0v) is 7.06. The van der Waals surface area contributed by atoms with Gasteiger partial charge in [-0.25, -0.2) is 4.79 Å². The van der Waals surface area contributed by atoms with Crippen molar-refractivity contribution in [1.29, 1.82) is 0 Å². The van der Waals surface area contributed by atoms with Gasteiger partial charge in [0.2, 0.25) is 0 Å². The van der Waals surface area contributed by atoms with Crippen LogP contribution >= 0.6 is 46.4 Å². The van der Waals surface area contributed by atoms with Crippen LogP contribution in [0.1, 0.15) is 0 Å². The summed E-state index contributed by atoms with van der Waals surface area (Å²) in [5.41, 5.74) is 0. The van der Waals surface area contributed by atoms with E-state index in [1.807, 2.05) is 0 Å². The fourth-order valence-electron chi connectivity index (χ4n) is 0.131. The van der Waals surface area contributed by atoms with Gasteiger partial charge in [-0.05, 0) is 0 Å². The predicted octanol–water partition coefficient (Wildman–Crippen LogP) is 2.10. The number of halogens is 4. The maximum Gasteiger partial charge on any atom is 0.359 e. The molecule has 0 aliphatic carbocycles. The van der Waals surface area contributed by atoms with Crippen molar-refractivity contribution in [3.8, 4) is 0 Å². The fraction of sp³-hybridized carbons (Fsp3) is 0.667. The van der Waals surface area contributed by atoms with E-state index in [9.17, 15) is 4.79 Å². The summed E-state index contributed by atoms with van der Waals surface area (Å²) in [7, 11) is 0. The third-order valence-electron chi connectivity index (χ3n) is 0.417. The fourth-order valence-corrected chi connectivity index (χ4v) is 0.394. The van der Waals surface area contributed by atoms with Crippen LogP contribution in [0.15, 0.2) is 0 Å². The molecule has 0 aromatic rings. The van der Waals surface area contributed by atoms with Gasteiger partial charge in [0.05, 0.1) is 0 Å². The largest absolute Gasteiger partial charge is 0.446 e. The first-order chi connectivity index (χ1) is 3.98. The summed E-state index contributed by atoms with van der Waals surface area (Å²) in [6, 6.07) is -0.313. The van der Waals surface area contributed by atoms with Crippen LogP contribution in [0, 0.1) is 0 Å². The second-order valence-electron chi connectivity index (χ2n) is 1.04. The summed E-state index contributed by atoms with van der Waals surface area (Å²) in [5.74, 6) is -0.970. The molecule has 0 aromatic heterocycles. The Morgan fingerprint density at radius 3 is 2.00 bits per heavy atom. The molecule has 0 amide bonds. The summed E-state index contributed by atoms with van der Waals surface area (Å²) < 4.78 is 2.12. The molecule has 0 spiro atoms. The van der Waals surface area contributed by atoms with Crippen molar-refractivity contribution in [2.24, 2.45) is 0 Å². The smallest absolute Gasteiger partial charge is 0.359 e. The van der Waals surface area contributed by atoms with Crippen LogP contribution in [0.3, 0.4) is 0 Å². The topological polar surface area (TPSA) is 26.3 Å². The number of hydrogen-bond acceptors (Lipinski definition) is 2. The summed E-state index contributed by atoms with van der Waals surface area (Å²) in [5, 5.41) is 0. The van der Waals surface area contributed by atoms with Gasteiger partial charge in [-0.15, -0.1) is 0 Å². The Hall–Kier alpha value is 0.630. The summed E-state index contributed by atoms with van der Waals surface area (Å²) in [6.45, 7) is 0. The van der Waals surface area contributed by atoms with E-state index in [1.165, 1.54) is 0 Å². The van der Waals surface area contributed by atoms with Crippen LogP contribution in [0.2, 0.25) is 0 Å². The second kappa shape index (κ2) is 3.71. The number of ether oxygens (including phenoxy) is 1. The van der Waals surface area contributed by atoms with Gasteiger partial charge >= 0.3 is 5.97 Å². The lowest BCUT2D eigenvalue weighted by Gasteiger charge is -2.06. The van der Waals surface area contributed by atoms with Crippen molar-refractivity contribution in [1.82, 2.24) is 0 Å². The monoisotopic (exact) mass is 210 g/mol. The minimum Gasteiger partial charge on any atom is -0.446 e. The highest BCUT2D eigenvalue weighted by molar-refractivity contribution is 6.75. The average molecular weight is 212 g/mol. The number of rotatable bonds is 1. The highest BCUT2D eigenvalue weighted by Gasteiger charge is 2.32. The molecule has 0 atom stereocenters. The highest BCUT2D eigenvalue weighted by atomic mass is 35.6. The highest BCUT2D eigenvalue weighted by Crippen LogP contribution is 2.27. The molecule has 0 heterocycles. The van der Waals surface area contributed by atoms with E-state index in [-0.39, 0.29) is 6.07 Å². The van der Waals surface area contributed by atoms with Crippen molar-refractivity contribution in [2.45, 2.75) is 3.79 Å². The molecular weight excluding hydrogens is 210 g/mol. The SMILES string of the molecule is O=C(OCCl)C(Cl)(Cl)Cl. The van der Waals surface area contributed by atoms with E-state index < -0.39 is 9.76 Å². The summed E-state index contributed by atoms with van der Waals surface area (Å²) in [4.78, 5) is 10.4. The van der Waals surface area contributed by atoms with E-state index in [0.717, 1.165) is 0 Å². The third kappa shape index (κ3) is 4.09. The van der Waals surface area contributed by atoms with Crippen LogP contribution in [-0.4, -0.2) is 15.8 Å². The van der Waals surface area contributed by atoms with Gasteiger partial charge in [0, 0.05) is 0 Å². The number of hydrogen-bond donors (Lipinski definition) is 0. The zero-order chi connectivity index (χ0) is 7.49.